The van der Waals surface area contributed by atoms with Gasteiger partial charge in [0.25, 0.3) is 0 Å². The first kappa shape index (κ1) is 19.5. The summed E-state index contributed by atoms with van der Waals surface area (Å²) in [6.45, 7) is 3.53. The first-order chi connectivity index (χ1) is 9.97. The molecule has 1 saturated heterocycles. The molecule has 22 heavy (non-hydrogen) atoms. The predicted octanol–water partition coefficient (Wildman–Crippen LogP) is -2.24. The van der Waals surface area contributed by atoms with Gasteiger partial charge < -0.3 is 24.7 Å². The molecule has 0 aromatic carbocycles. The summed E-state index contributed by atoms with van der Waals surface area (Å²) in [5.41, 5.74) is -0.449. The van der Waals surface area contributed by atoms with Crippen LogP contribution >= 0.6 is 23.2 Å². The fraction of sp³-hybridized carbons (Fsp3) is 0.583. The number of carbonyl (C=O) groups is 1. The van der Waals surface area contributed by atoms with Gasteiger partial charge in [-0.05, 0) is 24.9 Å². The van der Waals surface area contributed by atoms with Crippen LogP contribution in [-0.2, 0) is 9.47 Å². The van der Waals surface area contributed by atoms with Crippen LogP contribution in [0.4, 0.5) is 5.82 Å². The van der Waals surface area contributed by atoms with E-state index in [-0.39, 0.29) is 47.1 Å². The molecular weight excluding hydrogens is 328 g/mol. The Morgan fingerprint density at radius 3 is 2.77 bits per heavy atom. The van der Waals surface area contributed by atoms with Crippen molar-refractivity contribution in [2.24, 2.45) is 0 Å². The van der Waals surface area contributed by atoms with Crippen molar-refractivity contribution in [2.75, 3.05) is 25.1 Å². The molecule has 1 aromatic rings. The van der Waals surface area contributed by atoms with Gasteiger partial charge in [-0.15, -0.1) is 0 Å². The molecule has 2 rings (SSSR count). The zero-order valence-electron chi connectivity index (χ0n) is 12.3. The molecule has 0 amide bonds. The van der Waals surface area contributed by atoms with Gasteiger partial charge in [0, 0.05) is 12.6 Å². The van der Waals surface area contributed by atoms with Gasteiger partial charge in [-0.2, -0.15) is 4.98 Å². The van der Waals surface area contributed by atoms with Crippen molar-refractivity contribution in [2.45, 2.75) is 25.5 Å². The van der Waals surface area contributed by atoms with E-state index in [1.165, 1.54) is 0 Å². The number of carboxylic acid groups (broad SMARTS) is 1. The van der Waals surface area contributed by atoms with Gasteiger partial charge >= 0.3 is 18.9 Å². The van der Waals surface area contributed by atoms with Gasteiger partial charge in [0.05, 0.1) is 25.3 Å². The van der Waals surface area contributed by atoms with Crippen molar-refractivity contribution in [3.63, 3.8) is 0 Å². The Hall–Kier alpha value is -0.553. The van der Waals surface area contributed by atoms with Gasteiger partial charge in [-0.3, -0.25) is 0 Å². The number of carbonyl (C=O) groups excluding carboxylic acids is 1. The second kappa shape index (κ2) is 8.92. The van der Waals surface area contributed by atoms with Gasteiger partial charge in [0.2, 0.25) is 5.28 Å². The Kier molecular flexibility index (Phi) is 7.90. The molecule has 1 fully saturated rings. The van der Waals surface area contributed by atoms with Crippen molar-refractivity contribution in [1.29, 1.82) is 0 Å². The van der Waals surface area contributed by atoms with Crippen LogP contribution in [0.25, 0.3) is 0 Å². The Balaban J connectivity index is 0.00000242. The number of aromatic carboxylic acids is 1. The van der Waals surface area contributed by atoms with Crippen LogP contribution < -0.4 is 29.3 Å². The second-order valence-corrected chi connectivity index (χ2v) is 5.37. The van der Waals surface area contributed by atoms with Crippen LogP contribution in [-0.4, -0.2) is 47.9 Å². The van der Waals surface area contributed by atoms with E-state index < -0.39 is 11.7 Å². The molecule has 2 atom stereocenters. The molecule has 0 spiro atoms. The molecule has 0 bridgehead atoms. The molecule has 10 heteroatoms. The normalized spacial score (nSPS) is 18.0. The average molecular weight is 342 g/mol. The topological polar surface area (TPSA) is 96.4 Å². The number of anilines is 1. The number of hydrogen-bond acceptors (Lipinski definition) is 7. The Labute approximate surface area is 149 Å². The molecular formula is C12H14Cl2LiN3O4. The molecule has 2 heterocycles. The smallest absolute Gasteiger partial charge is 0.543 e. The summed E-state index contributed by atoms with van der Waals surface area (Å²) in [7, 11) is 0. The van der Waals surface area contributed by atoms with Gasteiger partial charge in [0.15, 0.2) is 5.82 Å². The third-order valence-corrected chi connectivity index (χ3v) is 3.39. The summed E-state index contributed by atoms with van der Waals surface area (Å²) in [4.78, 5) is 18.3. The monoisotopic (exact) mass is 341 g/mol. The largest absolute Gasteiger partial charge is 1.00 e. The Morgan fingerprint density at radius 2 is 2.23 bits per heavy atom. The fourth-order valence-corrected chi connectivity index (χ4v) is 2.10. The number of nitrogens with one attached hydrogen (secondary N) is 1. The number of halogens is 2. The molecule has 1 aliphatic rings. The minimum absolute atomic E-state index is 0. The average Bonchev–Trinajstić information content (AvgIpc) is 2.36. The van der Waals surface area contributed by atoms with E-state index in [1.807, 2.05) is 6.92 Å². The number of nitrogens with zero attached hydrogens (tertiary/aromatic N) is 2. The maximum absolute atomic E-state index is 10.9. The van der Waals surface area contributed by atoms with E-state index in [0.29, 0.717) is 13.2 Å². The number of aromatic nitrogens is 2. The summed E-state index contributed by atoms with van der Waals surface area (Å²) < 4.78 is 10.7. The first-order valence-corrected chi connectivity index (χ1v) is 7.13. The summed E-state index contributed by atoms with van der Waals surface area (Å²) in [5.74, 6) is -1.38. The molecule has 0 aliphatic carbocycles. The van der Waals surface area contributed by atoms with Crippen LogP contribution in [0.1, 0.15) is 23.8 Å². The van der Waals surface area contributed by atoms with Crippen molar-refractivity contribution in [3.8, 4) is 0 Å². The van der Waals surface area contributed by atoms with E-state index in [2.05, 4.69) is 15.3 Å². The molecule has 0 unspecified atom stereocenters. The second-order valence-electron chi connectivity index (χ2n) is 4.66. The summed E-state index contributed by atoms with van der Waals surface area (Å²) in [6, 6.07) is -0.150. The first-order valence-electron chi connectivity index (χ1n) is 6.37. The minimum atomic E-state index is -1.52. The quantitative estimate of drug-likeness (QED) is 0.442. The maximum atomic E-state index is 10.9. The number of carboxylic acids is 1. The van der Waals surface area contributed by atoms with E-state index in [9.17, 15) is 9.90 Å². The molecule has 0 saturated carbocycles. The zero-order chi connectivity index (χ0) is 15.4. The van der Waals surface area contributed by atoms with Crippen LogP contribution in [0.5, 0.6) is 0 Å². The van der Waals surface area contributed by atoms with Crippen LogP contribution in [0, 0.1) is 0 Å². The van der Waals surface area contributed by atoms with Gasteiger partial charge in [-0.25, -0.2) is 4.98 Å². The molecule has 7 nitrogen and oxygen atoms in total. The summed E-state index contributed by atoms with van der Waals surface area (Å²) >= 11 is 11.6. The van der Waals surface area contributed by atoms with Crippen molar-refractivity contribution in [3.05, 3.63) is 16.0 Å². The van der Waals surface area contributed by atoms with E-state index in [1.54, 1.807) is 0 Å². The summed E-state index contributed by atoms with van der Waals surface area (Å²) in [6.07, 6.45) is 1.17. The standard InChI is InChI=1S/C12H15Cl2N3O4.Li/c1-6(4-20-5-7-2-3-21-7)15-10-8(13)9(11(18)19)16-12(14)17-10;/h6-7H,2-5H2,1H3,(H,18,19)(H,15,16,17);/q;+1/p-1/t6-,7+;/m1./s1. The number of rotatable bonds is 7. The Morgan fingerprint density at radius 1 is 1.55 bits per heavy atom. The van der Waals surface area contributed by atoms with Crippen LogP contribution in [0.2, 0.25) is 10.3 Å². The number of ether oxygens (including phenoxy) is 2. The minimum Gasteiger partial charge on any atom is -0.543 e. The van der Waals surface area contributed by atoms with Crippen molar-refractivity contribution >= 4 is 35.0 Å². The molecule has 1 aromatic heterocycles. The van der Waals surface area contributed by atoms with Crippen LogP contribution in [0.15, 0.2) is 0 Å². The number of hydrogen-bond donors (Lipinski definition) is 1. The van der Waals surface area contributed by atoms with Gasteiger partial charge in [-0.1, -0.05) is 11.6 Å². The molecule has 1 aliphatic heterocycles. The van der Waals surface area contributed by atoms with Crippen molar-refractivity contribution < 1.29 is 38.2 Å². The van der Waals surface area contributed by atoms with E-state index >= 15 is 0 Å². The maximum Gasteiger partial charge on any atom is 1.00 e. The fourth-order valence-electron chi connectivity index (χ4n) is 1.72. The summed E-state index contributed by atoms with van der Waals surface area (Å²) in [5, 5.41) is 13.4. The Bertz CT molecular complexity index is 531. The molecule has 1 N–H and O–H groups in total. The molecule has 116 valence electrons. The SMILES string of the molecule is C[C@H](COC[C@@H]1CCO1)Nc1nc(Cl)nc(C(=O)[O-])c1Cl.[Li+]. The molecule has 0 radical (unpaired) electrons. The van der Waals surface area contributed by atoms with Crippen molar-refractivity contribution in [1.82, 2.24) is 9.97 Å². The third-order valence-electron chi connectivity index (χ3n) is 2.87. The zero-order valence-corrected chi connectivity index (χ0v) is 13.8. The van der Waals surface area contributed by atoms with Gasteiger partial charge in [0.1, 0.15) is 10.7 Å². The predicted molar refractivity (Wildman–Crippen MR) is 74.6 cm³/mol. The van der Waals surface area contributed by atoms with E-state index in [4.69, 9.17) is 32.7 Å². The van der Waals surface area contributed by atoms with Crippen LogP contribution in [0.3, 0.4) is 0 Å². The van der Waals surface area contributed by atoms with E-state index in [0.717, 1.165) is 13.0 Å². The third kappa shape index (κ3) is 5.27.